The van der Waals surface area contributed by atoms with Gasteiger partial charge in [-0.2, -0.15) is 5.10 Å². The summed E-state index contributed by atoms with van der Waals surface area (Å²) in [7, 11) is 0. The third-order valence-electron chi connectivity index (χ3n) is 3.01. The lowest BCUT2D eigenvalue weighted by molar-refractivity contribution is 0.282. The number of ether oxygens (including phenoxy) is 1. The van der Waals surface area contributed by atoms with E-state index in [-0.39, 0.29) is 0 Å². The Kier molecular flexibility index (Phi) is 5.12. The van der Waals surface area contributed by atoms with Crippen LogP contribution in [0.1, 0.15) is 38.2 Å². The van der Waals surface area contributed by atoms with Gasteiger partial charge in [0.25, 0.3) is 0 Å². The highest BCUT2D eigenvalue weighted by Crippen LogP contribution is 2.14. The van der Waals surface area contributed by atoms with E-state index in [9.17, 15) is 0 Å². The van der Waals surface area contributed by atoms with Gasteiger partial charge in [-0.25, -0.2) is 9.67 Å². The molecule has 108 valence electrons. The molecule has 2 aromatic rings. The molecule has 1 heterocycles. The Morgan fingerprint density at radius 2 is 2.00 bits per heavy atom. The first-order valence-electron chi connectivity index (χ1n) is 7.01. The average molecular weight is 274 g/mol. The highest BCUT2D eigenvalue weighted by Gasteiger charge is 2.08. The SMILES string of the molecule is CCNCc1ccc(OCc2ncnn2C(C)C)cc1. The molecule has 0 saturated carbocycles. The van der Waals surface area contributed by atoms with Crippen LogP contribution in [-0.2, 0) is 13.2 Å². The molecule has 1 aromatic carbocycles. The summed E-state index contributed by atoms with van der Waals surface area (Å²) >= 11 is 0. The standard InChI is InChI=1S/C15H22N4O/c1-4-16-9-13-5-7-14(8-6-13)20-10-15-17-11-18-19(15)12(2)3/h5-8,11-12,16H,4,9-10H2,1-3H3. The van der Waals surface area contributed by atoms with Crippen LogP contribution in [0.3, 0.4) is 0 Å². The maximum absolute atomic E-state index is 5.76. The van der Waals surface area contributed by atoms with Gasteiger partial charge in [0.1, 0.15) is 18.7 Å². The molecule has 0 amide bonds. The van der Waals surface area contributed by atoms with Gasteiger partial charge >= 0.3 is 0 Å². The highest BCUT2D eigenvalue weighted by molar-refractivity contribution is 5.27. The zero-order chi connectivity index (χ0) is 14.4. The summed E-state index contributed by atoms with van der Waals surface area (Å²) in [6.07, 6.45) is 1.57. The summed E-state index contributed by atoms with van der Waals surface area (Å²) in [5.41, 5.74) is 1.25. The fraction of sp³-hybridized carbons (Fsp3) is 0.467. The van der Waals surface area contributed by atoms with Crippen LogP contribution >= 0.6 is 0 Å². The van der Waals surface area contributed by atoms with Crippen LogP contribution < -0.4 is 10.1 Å². The van der Waals surface area contributed by atoms with Crippen LogP contribution in [0.15, 0.2) is 30.6 Å². The molecule has 1 N–H and O–H groups in total. The third kappa shape index (κ3) is 3.81. The molecule has 0 radical (unpaired) electrons. The van der Waals surface area contributed by atoms with Crippen LogP contribution in [0.2, 0.25) is 0 Å². The van der Waals surface area contributed by atoms with Gasteiger partial charge in [-0.1, -0.05) is 19.1 Å². The fourth-order valence-electron chi connectivity index (χ4n) is 1.93. The Hall–Kier alpha value is -1.88. The topological polar surface area (TPSA) is 52.0 Å². The predicted molar refractivity (Wildman–Crippen MR) is 78.6 cm³/mol. The molecule has 0 unspecified atom stereocenters. The number of nitrogens with zero attached hydrogens (tertiary/aromatic N) is 3. The van der Waals surface area contributed by atoms with E-state index in [1.807, 2.05) is 16.8 Å². The lowest BCUT2D eigenvalue weighted by atomic mass is 10.2. The molecule has 0 aliphatic heterocycles. The first kappa shape index (κ1) is 14.5. The Morgan fingerprint density at radius 1 is 1.25 bits per heavy atom. The van der Waals surface area contributed by atoms with E-state index in [4.69, 9.17) is 4.74 Å². The summed E-state index contributed by atoms with van der Waals surface area (Å²) in [6, 6.07) is 8.42. The Morgan fingerprint density at radius 3 is 2.65 bits per heavy atom. The zero-order valence-corrected chi connectivity index (χ0v) is 12.3. The van der Waals surface area contributed by atoms with Gasteiger partial charge in [0.05, 0.1) is 0 Å². The Bertz CT molecular complexity index is 519. The van der Waals surface area contributed by atoms with E-state index in [0.29, 0.717) is 12.6 Å². The quantitative estimate of drug-likeness (QED) is 0.843. The number of hydrogen-bond acceptors (Lipinski definition) is 4. The summed E-state index contributed by atoms with van der Waals surface area (Å²) in [5.74, 6) is 1.69. The first-order chi connectivity index (χ1) is 9.70. The summed E-state index contributed by atoms with van der Waals surface area (Å²) in [4.78, 5) is 4.23. The van der Waals surface area contributed by atoms with Crippen molar-refractivity contribution in [1.29, 1.82) is 0 Å². The molecule has 2 rings (SSSR count). The number of rotatable bonds is 7. The van der Waals surface area contributed by atoms with Crippen molar-refractivity contribution in [3.8, 4) is 5.75 Å². The Labute approximate surface area is 120 Å². The molecule has 0 atom stereocenters. The summed E-state index contributed by atoms with van der Waals surface area (Å²) in [6.45, 7) is 8.55. The molecule has 0 aliphatic rings. The smallest absolute Gasteiger partial charge is 0.165 e. The summed E-state index contributed by atoms with van der Waals surface area (Å²) < 4.78 is 7.63. The van der Waals surface area contributed by atoms with Crippen molar-refractivity contribution in [2.45, 2.75) is 40.0 Å². The van der Waals surface area contributed by atoms with Gasteiger partial charge < -0.3 is 10.1 Å². The van der Waals surface area contributed by atoms with Crippen LogP contribution in [0.4, 0.5) is 0 Å². The van der Waals surface area contributed by atoms with Crippen LogP contribution in [-0.4, -0.2) is 21.3 Å². The van der Waals surface area contributed by atoms with Gasteiger partial charge in [-0.05, 0) is 38.1 Å². The molecular formula is C15H22N4O. The largest absolute Gasteiger partial charge is 0.486 e. The first-order valence-corrected chi connectivity index (χ1v) is 7.01. The summed E-state index contributed by atoms with van der Waals surface area (Å²) in [5, 5.41) is 7.49. The van der Waals surface area contributed by atoms with Gasteiger partial charge in [-0.15, -0.1) is 0 Å². The monoisotopic (exact) mass is 274 g/mol. The molecule has 0 spiro atoms. The minimum Gasteiger partial charge on any atom is -0.486 e. The van der Waals surface area contributed by atoms with Crippen molar-refractivity contribution < 1.29 is 4.74 Å². The maximum atomic E-state index is 5.76. The van der Waals surface area contributed by atoms with E-state index < -0.39 is 0 Å². The number of aromatic nitrogens is 3. The van der Waals surface area contributed by atoms with Crippen LogP contribution in [0.25, 0.3) is 0 Å². The van der Waals surface area contributed by atoms with Crippen molar-refractivity contribution in [3.63, 3.8) is 0 Å². The van der Waals surface area contributed by atoms with Crippen molar-refractivity contribution in [2.75, 3.05) is 6.54 Å². The maximum Gasteiger partial charge on any atom is 0.165 e. The fourth-order valence-corrected chi connectivity index (χ4v) is 1.93. The lowest BCUT2D eigenvalue weighted by Gasteiger charge is -2.11. The van der Waals surface area contributed by atoms with Gasteiger partial charge in [0.2, 0.25) is 0 Å². The minimum absolute atomic E-state index is 0.290. The highest BCUT2D eigenvalue weighted by atomic mass is 16.5. The zero-order valence-electron chi connectivity index (χ0n) is 12.3. The van der Waals surface area contributed by atoms with Gasteiger partial charge in [0.15, 0.2) is 5.82 Å². The number of nitrogens with one attached hydrogen (secondary N) is 1. The second kappa shape index (κ2) is 7.05. The molecule has 0 bridgehead atoms. The van der Waals surface area contributed by atoms with Gasteiger partial charge in [0, 0.05) is 12.6 Å². The second-order valence-electron chi connectivity index (χ2n) is 4.93. The van der Waals surface area contributed by atoms with Crippen LogP contribution in [0.5, 0.6) is 5.75 Å². The van der Waals surface area contributed by atoms with Crippen LogP contribution in [0, 0.1) is 0 Å². The van der Waals surface area contributed by atoms with Crippen molar-refractivity contribution >= 4 is 0 Å². The number of hydrogen-bond donors (Lipinski definition) is 1. The Balaban J connectivity index is 1.92. The molecule has 0 fully saturated rings. The molecule has 0 aliphatic carbocycles. The van der Waals surface area contributed by atoms with E-state index in [1.54, 1.807) is 6.33 Å². The third-order valence-corrected chi connectivity index (χ3v) is 3.01. The lowest BCUT2D eigenvalue weighted by Crippen LogP contribution is -2.12. The molecule has 20 heavy (non-hydrogen) atoms. The number of benzene rings is 1. The van der Waals surface area contributed by atoms with Crippen molar-refractivity contribution in [2.24, 2.45) is 0 Å². The minimum atomic E-state index is 0.290. The molecular weight excluding hydrogens is 252 g/mol. The van der Waals surface area contributed by atoms with E-state index in [2.05, 4.69) is 48.3 Å². The van der Waals surface area contributed by atoms with E-state index >= 15 is 0 Å². The van der Waals surface area contributed by atoms with E-state index in [1.165, 1.54) is 5.56 Å². The van der Waals surface area contributed by atoms with Crippen molar-refractivity contribution in [3.05, 3.63) is 42.0 Å². The predicted octanol–water partition coefficient (Wildman–Crippen LogP) is 2.55. The van der Waals surface area contributed by atoms with Gasteiger partial charge in [-0.3, -0.25) is 0 Å². The molecule has 5 heteroatoms. The molecule has 0 saturated heterocycles. The second-order valence-corrected chi connectivity index (χ2v) is 4.93. The molecule has 5 nitrogen and oxygen atoms in total. The normalized spacial score (nSPS) is 11.0. The molecule has 1 aromatic heterocycles. The average Bonchev–Trinajstić information content (AvgIpc) is 2.92. The van der Waals surface area contributed by atoms with E-state index in [0.717, 1.165) is 24.7 Å². The van der Waals surface area contributed by atoms with Crippen molar-refractivity contribution in [1.82, 2.24) is 20.1 Å².